The fourth-order valence-corrected chi connectivity index (χ4v) is 3.16. The van der Waals surface area contributed by atoms with Crippen LogP contribution in [0.4, 0.5) is 0 Å². The lowest BCUT2D eigenvalue weighted by Crippen LogP contribution is -2.04. The van der Waals surface area contributed by atoms with Gasteiger partial charge in [0.2, 0.25) is 0 Å². The van der Waals surface area contributed by atoms with Crippen LogP contribution in [0.1, 0.15) is 38.1 Å². The van der Waals surface area contributed by atoms with Gasteiger partial charge in [-0.2, -0.15) is 0 Å². The highest BCUT2D eigenvalue weighted by molar-refractivity contribution is 6.31. The van der Waals surface area contributed by atoms with Crippen molar-refractivity contribution < 1.29 is 0 Å². The number of rotatable bonds is 5. The molecule has 0 spiro atoms. The van der Waals surface area contributed by atoms with E-state index >= 15 is 0 Å². The lowest BCUT2D eigenvalue weighted by molar-refractivity contribution is 0.598. The molecule has 3 nitrogen and oxygen atoms in total. The third kappa shape index (κ3) is 2.46. The minimum Gasteiger partial charge on any atom is -0.309 e. The fraction of sp³-hybridized carbons (Fsp3) is 0.571. The number of nitrogens with zero attached hydrogens (tertiary/aromatic N) is 3. The van der Waals surface area contributed by atoms with Crippen molar-refractivity contribution in [3.05, 3.63) is 23.1 Å². The second kappa shape index (κ2) is 5.29. The molecule has 0 N–H and O–H groups in total. The quantitative estimate of drug-likeness (QED) is 0.773. The van der Waals surface area contributed by atoms with Crippen LogP contribution in [-0.2, 0) is 6.42 Å². The summed E-state index contributed by atoms with van der Waals surface area (Å²) >= 11 is 11.9. The molecule has 1 saturated carbocycles. The van der Waals surface area contributed by atoms with Crippen LogP contribution in [0.25, 0.3) is 11.2 Å². The van der Waals surface area contributed by atoms with Gasteiger partial charge in [0, 0.05) is 24.5 Å². The summed E-state index contributed by atoms with van der Waals surface area (Å²) in [6, 6.07) is 2.44. The normalized spacial score (nSPS) is 22.1. The van der Waals surface area contributed by atoms with Crippen LogP contribution < -0.4 is 0 Å². The van der Waals surface area contributed by atoms with Crippen molar-refractivity contribution in [2.45, 2.75) is 38.6 Å². The summed E-state index contributed by atoms with van der Waals surface area (Å²) in [6.45, 7) is 2.24. The highest BCUT2D eigenvalue weighted by Crippen LogP contribution is 2.48. The number of imidazole rings is 1. The summed E-state index contributed by atoms with van der Waals surface area (Å²) in [5, 5.41) is 0.635. The fourth-order valence-electron chi connectivity index (χ4n) is 2.84. The Labute approximate surface area is 122 Å². The second-order valence-corrected chi connectivity index (χ2v) is 6.00. The third-order valence-corrected chi connectivity index (χ3v) is 4.16. The van der Waals surface area contributed by atoms with Crippen LogP contribution >= 0.6 is 23.2 Å². The number of aryl methyl sites for hydroxylation is 1. The Morgan fingerprint density at radius 3 is 3.05 bits per heavy atom. The van der Waals surface area contributed by atoms with Gasteiger partial charge in [-0.15, -0.1) is 11.6 Å². The zero-order valence-electron chi connectivity index (χ0n) is 10.9. The molecule has 0 saturated heterocycles. The molecule has 2 atom stereocenters. The van der Waals surface area contributed by atoms with Crippen LogP contribution in [0.15, 0.2) is 12.3 Å². The minimum absolute atomic E-state index is 0.553. The zero-order valence-corrected chi connectivity index (χ0v) is 12.5. The molecule has 2 heterocycles. The maximum atomic E-state index is 5.99. The summed E-state index contributed by atoms with van der Waals surface area (Å²) in [5.74, 6) is 2.40. The average Bonchev–Trinajstić information content (AvgIpc) is 3.03. The lowest BCUT2D eigenvalue weighted by Gasteiger charge is -2.07. The number of hydrogen-bond donors (Lipinski definition) is 0. The molecule has 3 rings (SSSR count). The van der Waals surface area contributed by atoms with E-state index in [2.05, 4.69) is 21.5 Å². The summed E-state index contributed by atoms with van der Waals surface area (Å²) < 4.78 is 2.29. The van der Waals surface area contributed by atoms with Gasteiger partial charge in [0.15, 0.2) is 5.65 Å². The number of hydrogen-bond acceptors (Lipinski definition) is 2. The molecule has 0 bridgehead atoms. The number of alkyl halides is 1. The van der Waals surface area contributed by atoms with E-state index in [1.54, 1.807) is 6.20 Å². The van der Waals surface area contributed by atoms with Crippen molar-refractivity contribution >= 4 is 34.4 Å². The van der Waals surface area contributed by atoms with Gasteiger partial charge in [0.25, 0.3) is 0 Å². The first-order valence-corrected chi connectivity index (χ1v) is 7.74. The van der Waals surface area contributed by atoms with Crippen LogP contribution in [0.2, 0.25) is 5.02 Å². The van der Waals surface area contributed by atoms with E-state index < -0.39 is 0 Å². The second-order valence-electron chi connectivity index (χ2n) is 5.19. The molecule has 1 aliphatic rings. The molecule has 0 aliphatic heterocycles. The van der Waals surface area contributed by atoms with Crippen molar-refractivity contribution in [2.75, 3.05) is 5.88 Å². The number of fused-ring (bicyclic) bond motifs is 1. The molecule has 2 aromatic heterocycles. The summed E-state index contributed by atoms with van der Waals surface area (Å²) in [5.41, 5.74) is 1.84. The highest BCUT2D eigenvalue weighted by Gasteiger charge is 2.40. The number of aromatic nitrogens is 3. The van der Waals surface area contributed by atoms with E-state index in [1.165, 1.54) is 19.3 Å². The number of pyridine rings is 1. The minimum atomic E-state index is 0.553. The topological polar surface area (TPSA) is 30.7 Å². The van der Waals surface area contributed by atoms with Gasteiger partial charge in [-0.3, -0.25) is 0 Å². The molecule has 19 heavy (non-hydrogen) atoms. The van der Waals surface area contributed by atoms with Gasteiger partial charge in [-0.05, 0) is 24.8 Å². The zero-order chi connectivity index (χ0) is 13.4. The van der Waals surface area contributed by atoms with Crippen LogP contribution in [0.5, 0.6) is 0 Å². The van der Waals surface area contributed by atoms with Gasteiger partial charge in [0.05, 0.1) is 5.02 Å². The summed E-state index contributed by atoms with van der Waals surface area (Å²) in [6.07, 6.45) is 6.23. The SMILES string of the molecule is CCCC1CC1n1c(CCCl)nc2cc(Cl)cnc21. The maximum Gasteiger partial charge on any atom is 0.160 e. The lowest BCUT2D eigenvalue weighted by atomic mass is 10.2. The third-order valence-electron chi connectivity index (χ3n) is 3.76. The van der Waals surface area contributed by atoms with E-state index in [0.717, 1.165) is 29.3 Å². The summed E-state index contributed by atoms with van der Waals surface area (Å²) in [4.78, 5) is 9.12. The monoisotopic (exact) mass is 297 g/mol. The van der Waals surface area contributed by atoms with Gasteiger partial charge >= 0.3 is 0 Å². The van der Waals surface area contributed by atoms with E-state index in [9.17, 15) is 0 Å². The molecule has 2 unspecified atom stereocenters. The maximum absolute atomic E-state index is 5.99. The smallest absolute Gasteiger partial charge is 0.160 e. The van der Waals surface area contributed by atoms with Crippen LogP contribution in [-0.4, -0.2) is 20.4 Å². The summed E-state index contributed by atoms with van der Waals surface area (Å²) in [7, 11) is 0. The van der Waals surface area contributed by atoms with E-state index in [0.29, 0.717) is 16.9 Å². The Hall–Kier alpha value is -0.800. The van der Waals surface area contributed by atoms with Gasteiger partial charge in [-0.25, -0.2) is 9.97 Å². The first-order valence-electron chi connectivity index (χ1n) is 6.83. The van der Waals surface area contributed by atoms with E-state index in [-0.39, 0.29) is 0 Å². The average molecular weight is 298 g/mol. The molecule has 0 radical (unpaired) electrons. The molecule has 0 amide bonds. The van der Waals surface area contributed by atoms with E-state index in [1.807, 2.05) is 6.07 Å². The van der Waals surface area contributed by atoms with Gasteiger partial charge < -0.3 is 4.57 Å². The van der Waals surface area contributed by atoms with Crippen molar-refractivity contribution in [3.8, 4) is 0 Å². The van der Waals surface area contributed by atoms with Crippen molar-refractivity contribution in [1.82, 2.24) is 14.5 Å². The van der Waals surface area contributed by atoms with E-state index in [4.69, 9.17) is 23.2 Å². The molecular weight excluding hydrogens is 281 g/mol. The predicted octanol–water partition coefficient (Wildman–Crippen LogP) is 4.23. The molecule has 1 fully saturated rings. The van der Waals surface area contributed by atoms with Crippen LogP contribution in [0.3, 0.4) is 0 Å². The van der Waals surface area contributed by atoms with Crippen molar-refractivity contribution in [2.24, 2.45) is 5.92 Å². The predicted molar refractivity (Wildman–Crippen MR) is 79.0 cm³/mol. The first kappa shape index (κ1) is 13.2. The Balaban J connectivity index is 2.02. The first-order chi connectivity index (χ1) is 9.24. The highest BCUT2D eigenvalue weighted by atomic mass is 35.5. The van der Waals surface area contributed by atoms with Gasteiger partial charge in [0.1, 0.15) is 11.3 Å². The molecule has 0 aromatic carbocycles. The van der Waals surface area contributed by atoms with Crippen molar-refractivity contribution in [3.63, 3.8) is 0 Å². The largest absolute Gasteiger partial charge is 0.309 e. The number of halogens is 2. The molecule has 1 aliphatic carbocycles. The standard InChI is InChI=1S/C14H17Cl2N3/c1-2-3-9-6-12(9)19-13(4-5-15)18-11-7-10(16)8-17-14(11)19/h7-9,12H,2-6H2,1H3. The molecule has 2 aromatic rings. The van der Waals surface area contributed by atoms with Crippen molar-refractivity contribution in [1.29, 1.82) is 0 Å². The Morgan fingerprint density at radius 1 is 1.47 bits per heavy atom. The Kier molecular flexibility index (Phi) is 3.68. The molecule has 102 valence electrons. The Morgan fingerprint density at radius 2 is 2.32 bits per heavy atom. The Bertz CT molecular complexity index is 594. The molecule has 5 heteroatoms. The molecular formula is C14H17Cl2N3. The van der Waals surface area contributed by atoms with Crippen LogP contribution in [0, 0.1) is 5.92 Å². The van der Waals surface area contributed by atoms with Gasteiger partial charge in [-0.1, -0.05) is 24.9 Å².